The molecular weight excluding hydrogens is 236 g/mol. The van der Waals surface area contributed by atoms with Crippen LogP contribution < -0.4 is 0 Å². The minimum absolute atomic E-state index is 0.0960. The van der Waals surface area contributed by atoms with Gasteiger partial charge in [-0.1, -0.05) is 45.0 Å². The van der Waals surface area contributed by atoms with Gasteiger partial charge in [0.2, 0.25) is 0 Å². The molecule has 3 nitrogen and oxygen atoms in total. The van der Waals surface area contributed by atoms with Crippen molar-refractivity contribution >= 4 is 16.8 Å². The Morgan fingerprint density at radius 1 is 1.24 bits per heavy atom. The third-order valence-electron chi connectivity index (χ3n) is 2.43. The number of carboxylic acids is 1. The molecule has 0 bridgehead atoms. The highest BCUT2D eigenvalue weighted by molar-refractivity contribution is 7.84. The highest BCUT2D eigenvalue weighted by Gasteiger charge is 2.13. The van der Waals surface area contributed by atoms with E-state index in [2.05, 4.69) is 20.8 Å². The Morgan fingerprint density at radius 2 is 1.76 bits per heavy atom. The highest BCUT2D eigenvalue weighted by atomic mass is 32.2. The summed E-state index contributed by atoms with van der Waals surface area (Å²) in [6.45, 7) is 6.39. The van der Waals surface area contributed by atoms with Gasteiger partial charge in [0, 0.05) is 16.6 Å². The van der Waals surface area contributed by atoms with E-state index in [9.17, 15) is 9.00 Å². The van der Waals surface area contributed by atoms with Gasteiger partial charge in [0.05, 0.1) is 0 Å². The van der Waals surface area contributed by atoms with Crippen LogP contribution in [-0.2, 0) is 26.8 Å². The Kier molecular flexibility index (Phi) is 4.46. The average Bonchev–Trinajstić information content (AvgIpc) is 2.15. The Hall–Kier alpha value is -1.16. The maximum absolute atomic E-state index is 11.4. The standard InChI is InChI=1S/C13H18O3S/c1-13(2,3)11-6-4-10(5-7-11)8-17(16)9-12(14)15/h4-7H,8-9H2,1-3H3,(H,14,15). The van der Waals surface area contributed by atoms with E-state index in [1.54, 1.807) is 0 Å². The number of rotatable bonds is 4. The molecule has 0 saturated heterocycles. The van der Waals surface area contributed by atoms with Crippen LogP contribution in [-0.4, -0.2) is 21.0 Å². The normalized spacial score (nSPS) is 13.4. The summed E-state index contributed by atoms with van der Waals surface area (Å²) in [6, 6.07) is 7.85. The van der Waals surface area contributed by atoms with Gasteiger partial charge in [0.1, 0.15) is 5.75 Å². The molecule has 1 rings (SSSR count). The predicted molar refractivity (Wildman–Crippen MR) is 69.5 cm³/mol. The molecule has 17 heavy (non-hydrogen) atoms. The van der Waals surface area contributed by atoms with E-state index in [-0.39, 0.29) is 11.2 Å². The fourth-order valence-corrected chi connectivity index (χ4v) is 2.42. The fraction of sp³-hybridized carbons (Fsp3) is 0.462. The molecule has 4 heteroatoms. The van der Waals surface area contributed by atoms with Crippen molar-refractivity contribution in [3.8, 4) is 0 Å². The molecule has 1 aromatic carbocycles. The van der Waals surface area contributed by atoms with Gasteiger partial charge >= 0.3 is 5.97 Å². The Balaban J connectivity index is 2.69. The predicted octanol–water partition coefficient (Wildman–Crippen LogP) is 2.32. The molecule has 0 amide bonds. The van der Waals surface area contributed by atoms with Crippen LogP contribution in [0, 0.1) is 0 Å². The minimum Gasteiger partial charge on any atom is -0.481 e. The summed E-state index contributed by atoms with van der Waals surface area (Å²) in [5.41, 5.74) is 2.22. The molecular formula is C13H18O3S. The summed E-state index contributed by atoms with van der Waals surface area (Å²) in [4.78, 5) is 10.4. The summed E-state index contributed by atoms with van der Waals surface area (Å²) in [7, 11) is -1.33. The second-order valence-corrected chi connectivity index (χ2v) is 6.53. The Morgan fingerprint density at radius 3 is 2.18 bits per heavy atom. The van der Waals surface area contributed by atoms with Gasteiger partial charge in [0.25, 0.3) is 0 Å². The first kappa shape index (κ1) is 13.9. The zero-order chi connectivity index (χ0) is 13.1. The number of carboxylic acid groups (broad SMARTS) is 1. The SMILES string of the molecule is CC(C)(C)c1ccc(CS(=O)CC(=O)O)cc1. The molecule has 1 atom stereocenters. The van der Waals surface area contributed by atoms with Crippen molar-refractivity contribution in [1.82, 2.24) is 0 Å². The average molecular weight is 254 g/mol. The monoisotopic (exact) mass is 254 g/mol. The third kappa shape index (κ3) is 4.69. The van der Waals surface area contributed by atoms with Crippen LogP contribution in [0.3, 0.4) is 0 Å². The molecule has 1 unspecified atom stereocenters. The van der Waals surface area contributed by atoms with Crippen molar-refractivity contribution in [2.45, 2.75) is 31.9 Å². The molecule has 0 fully saturated rings. The number of hydrogen-bond acceptors (Lipinski definition) is 2. The van der Waals surface area contributed by atoms with Crippen molar-refractivity contribution in [3.05, 3.63) is 35.4 Å². The molecule has 0 radical (unpaired) electrons. The second kappa shape index (κ2) is 5.45. The van der Waals surface area contributed by atoms with Crippen molar-refractivity contribution in [2.24, 2.45) is 0 Å². The molecule has 1 N–H and O–H groups in total. The molecule has 0 saturated carbocycles. The summed E-state index contributed by atoms with van der Waals surface area (Å²) in [5.74, 6) is -1.01. The summed E-state index contributed by atoms with van der Waals surface area (Å²) in [6.07, 6.45) is 0. The minimum atomic E-state index is -1.33. The van der Waals surface area contributed by atoms with Crippen molar-refractivity contribution in [1.29, 1.82) is 0 Å². The first-order valence-corrected chi connectivity index (χ1v) is 6.94. The zero-order valence-electron chi connectivity index (χ0n) is 10.4. The van der Waals surface area contributed by atoms with Crippen molar-refractivity contribution in [2.75, 3.05) is 5.75 Å². The molecule has 0 aromatic heterocycles. The second-order valence-electron chi connectivity index (χ2n) is 5.07. The topological polar surface area (TPSA) is 54.4 Å². The molecule has 94 valence electrons. The molecule has 0 spiro atoms. The Labute approximate surface area is 104 Å². The van der Waals surface area contributed by atoms with E-state index in [1.807, 2.05) is 24.3 Å². The van der Waals surface area contributed by atoms with Crippen LogP contribution in [0.5, 0.6) is 0 Å². The van der Waals surface area contributed by atoms with E-state index in [0.717, 1.165) is 5.56 Å². The third-order valence-corrected chi connectivity index (χ3v) is 3.66. The van der Waals surface area contributed by atoms with Gasteiger partial charge in [-0.3, -0.25) is 9.00 Å². The lowest BCUT2D eigenvalue weighted by atomic mass is 9.87. The van der Waals surface area contributed by atoms with Gasteiger partial charge in [-0.25, -0.2) is 0 Å². The first-order valence-electron chi connectivity index (χ1n) is 5.45. The largest absolute Gasteiger partial charge is 0.481 e. The number of benzene rings is 1. The molecule has 0 aliphatic carbocycles. The number of hydrogen-bond donors (Lipinski definition) is 1. The van der Waals surface area contributed by atoms with E-state index in [1.165, 1.54) is 5.56 Å². The van der Waals surface area contributed by atoms with Crippen LogP contribution >= 0.6 is 0 Å². The lowest BCUT2D eigenvalue weighted by Gasteiger charge is -2.19. The molecule has 0 aliphatic rings. The van der Waals surface area contributed by atoms with E-state index in [4.69, 9.17) is 5.11 Å². The van der Waals surface area contributed by atoms with Gasteiger partial charge in [-0.15, -0.1) is 0 Å². The van der Waals surface area contributed by atoms with Crippen molar-refractivity contribution in [3.63, 3.8) is 0 Å². The fourth-order valence-electron chi connectivity index (χ4n) is 1.48. The van der Waals surface area contributed by atoms with Crippen LogP contribution in [0.1, 0.15) is 31.9 Å². The maximum Gasteiger partial charge on any atom is 0.316 e. The van der Waals surface area contributed by atoms with Crippen LogP contribution in [0.4, 0.5) is 0 Å². The lowest BCUT2D eigenvalue weighted by molar-refractivity contribution is -0.133. The van der Waals surface area contributed by atoms with Crippen molar-refractivity contribution < 1.29 is 14.1 Å². The summed E-state index contributed by atoms with van der Waals surface area (Å²) < 4.78 is 11.4. The van der Waals surface area contributed by atoms with Crippen LogP contribution in [0.2, 0.25) is 0 Å². The molecule has 0 heterocycles. The zero-order valence-corrected chi connectivity index (χ0v) is 11.2. The van der Waals surface area contributed by atoms with Gasteiger partial charge < -0.3 is 5.11 Å². The number of carbonyl (C=O) groups is 1. The first-order chi connectivity index (χ1) is 7.79. The summed E-state index contributed by atoms with van der Waals surface area (Å²) >= 11 is 0. The lowest BCUT2D eigenvalue weighted by Crippen LogP contribution is -2.12. The highest BCUT2D eigenvalue weighted by Crippen LogP contribution is 2.22. The quantitative estimate of drug-likeness (QED) is 0.897. The maximum atomic E-state index is 11.4. The van der Waals surface area contributed by atoms with E-state index >= 15 is 0 Å². The number of aliphatic carboxylic acids is 1. The smallest absolute Gasteiger partial charge is 0.316 e. The van der Waals surface area contributed by atoms with E-state index in [0.29, 0.717) is 5.75 Å². The Bertz CT molecular complexity index is 415. The van der Waals surface area contributed by atoms with Gasteiger partial charge in [-0.2, -0.15) is 0 Å². The van der Waals surface area contributed by atoms with Crippen LogP contribution in [0.15, 0.2) is 24.3 Å². The van der Waals surface area contributed by atoms with Gasteiger partial charge in [-0.05, 0) is 16.5 Å². The van der Waals surface area contributed by atoms with E-state index < -0.39 is 16.8 Å². The summed E-state index contributed by atoms with van der Waals surface area (Å²) in [5, 5.41) is 8.52. The molecule has 1 aromatic rings. The van der Waals surface area contributed by atoms with Crippen LogP contribution in [0.25, 0.3) is 0 Å². The molecule has 0 aliphatic heterocycles. The van der Waals surface area contributed by atoms with Gasteiger partial charge in [0.15, 0.2) is 0 Å².